The minimum atomic E-state index is -0.902. The number of benzene rings is 2. The monoisotopic (exact) mass is 417 g/mol. The third kappa shape index (κ3) is 7.12. The zero-order chi connectivity index (χ0) is 21.4. The van der Waals surface area contributed by atoms with Crippen molar-refractivity contribution < 1.29 is 19.1 Å². The number of rotatable bonds is 7. The lowest BCUT2D eigenvalue weighted by Crippen LogP contribution is -2.47. The highest BCUT2D eigenvalue weighted by atomic mass is 35.5. The van der Waals surface area contributed by atoms with E-state index in [1.165, 1.54) is 0 Å². The molecule has 0 spiro atoms. The van der Waals surface area contributed by atoms with Gasteiger partial charge in [0.05, 0.1) is 0 Å². The zero-order valence-corrected chi connectivity index (χ0v) is 17.2. The average molecular weight is 418 g/mol. The summed E-state index contributed by atoms with van der Waals surface area (Å²) in [7, 11) is 0. The molecule has 2 aromatic carbocycles. The maximum absolute atomic E-state index is 12.4. The smallest absolute Gasteiger partial charge is 0.329 e. The quantitative estimate of drug-likeness (QED) is 0.593. The van der Waals surface area contributed by atoms with Crippen LogP contribution >= 0.6 is 11.6 Å². The molecule has 0 heterocycles. The average Bonchev–Trinajstić information content (AvgIpc) is 2.67. The van der Waals surface area contributed by atoms with Crippen LogP contribution in [0, 0.1) is 12.8 Å². The Balaban J connectivity index is 1.87. The fourth-order valence-electron chi connectivity index (χ4n) is 2.42. The third-order valence-electron chi connectivity index (χ3n) is 4.04. The van der Waals surface area contributed by atoms with Crippen LogP contribution in [0.2, 0.25) is 5.02 Å². The van der Waals surface area contributed by atoms with E-state index in [2.05, 4.69) is 16.0 Å². The summed E-state index contributed by atoms with van der Waals surface area (Å²) in [6, 6.07) is 12.5. The van der Waals surface area contributed by atoms with Crippen molar-refractivity contribution in [1.82, 2.24) is 5.32 Å². The number of carbonyl (C=O) groups excluding carboxylic acids is 3. The van der Waals surface area contributed by atoms with Gasteiger partial charge in [-0.25, -0.2) is 9.59 Å². The Morgan fingerprint density at radius 1 is 1.00 bits per heavy atom. The molecule has 154 valence electrons. The number of ether oxygens (including phenoxy) is 1. The Hall–Kier alpha value is -3.06. The van der Waals surface area contributed by atoms with E-state index in [9.17, 15) is 14.4 Å². The van der Waals surface area contributed by atoms with Crippen molar-refractivity contribution in [1.29, 1.82) is 0 Å². The van der Waals surface area contributed by atoms with Gasteiger partial charge in [-0.2, -0.15) is 0 Å². The Labute approximate surface area is 174 Å². The number of anilines is 2. The summed E-state index contributed by atoms with van der Waals surface area (Å²) < 4.78 is 5.08. The van der Waals surface area contributed by atoms with Gasteiger partial charge in [-0.05, 0) is 42.7 Å². The van der Waals surface area contributed by atoms with Crippen molar-refractivity contribution in [3.05, 3.63) is 59.1 Å². The van der Waals surface area contributed by atoms with E-state index in [0.717, 1.165) is 5.56 Å². The molecule has 0 aliphatic rings. The first-order valence-electron chi connectivity index (χ1n) is 9.11. The van der Waals surface area contributed by atoms with Crippen molar-refractivity contribution >= 4 is 40.9 Å². The lowest BCUT2D eigenvalue weighted by molar-refractivity contribution is -0.150. The number of halogens is 1. The molecule has 8 heteroatoms. The molecule has 3 amide bonds. The van der Waals surface area contributed by atoms with Crippen LogP contribution in [0.15, 0.2) is 48.5 Å². The largest absolute Gasteiger partial charge is 0.454 e. The van der Waals surface area contributed by atoms with Crippen LogP contribution in [0.5, 0.6) is 0 Å². The Bertz CT molecular complexity index is 871. The summed E-state index contributed by atoms with van der Waals surface area (Å²) in [5, 5.41) is 8.35. The second kappa shape index (κ2) is 10.5. The Morgan fingerprint density at radius 2 is 1.69 bits per heavy atom. The van der Waals surface area contributed by atoms with E-state index in [4.69, 9.17) is 16.3 Å². The highest BCUT2D eigenvalue weighted by molar-refractivity contribution is 6.31. The maximum atomic E-state index is 12.4. The number of para-hydroxylation sites is 1. The standard InChI is InChI=1S/C21H24ClN3O4/c1-13(2)19(25-21(28)24-15-7-5-4-6-8-15)20(27)29-12-18(26)23-16-10-9-14(3)17(22)11-16/h4-11,13,19H,12H2,1-3H3,(H,23,26)(H2,24,25,28)/t19-/m0/s1. The van der Waals surface area contributed by atoms with Gasteiger partial charge < -0.3 is 20.7 Å². The minimum Gasteiger partial charge on any atom is -0.454 e. The van der Waals surface area contributed by atoms with Gasteiger partial charge in [0.1, 0.15) is 6.04 Å². The van der Waals surface area contributed by atoms with Gasteiger partial charge in [-0.15, -0.1) is 0 Å². The number of nitrogens with one attached hydrogen (secondary N) is 3. The predicted octanol–water partition coefficient (Wildman–Crippen LogP) is 3.98. The van der Waals surface area contributed by atoms with Crippen LogP contribution in [0.4, 0.5) is 16.2 Å². The molecule has 0 radical (unpaired) electrons. The van der Waals surface area contributed by atoms with Crippen LogP contribution in [0.1, 0.15) is 19.4 Å². The molecule has 0 fully saturated rings. The molecule has 0 aromatic heterocycles. The highest BCUT2D eigenvalue weighted by Gasteiger charge is 2.26. The highest BCUT2D eigenvalue weighted by Crippen LogP contribution is 2.19. The van der Waals surface area contributed by atoms with Gasteiger partial charge in [0.2, 0.25) is 0 Å². The first kappa shape index (κ1) is 22.2. The molecule has 29 heavy (non-hydrogen) atoms. The number of urea groups is 1. The van der Waals surface area contributed by atoms with E-state index in [1.54, 1.807) is 56.3 Å². The fourth-order valence-corrected chi connectivity index (χ4v) is 2.60. The predicted molar refractivity (Wildman–Crippen MR) is 113 cm³/mol. The molecule has 0 saturated heterocycles. The van der Waals surface area contributed by atoms with Crippen LogP contribution in [0.25, 0.3) is 0 Å². The van der Waals surface area contributed by atoms with Gasteiger partial charge in [0.25, 0.3) is 5.91 Å². The second-order valence-electron chi connectivity index (χ2n) is 6.81. The van der Waals surface area contributed by atoms with E-state index in [-0.39, 0.29) is 5.92 Å². The lowest BCUT2D eigenvalue weighted by atomic mass is 10.1. The summed E-state index contributed by atoms with van der Waals surface area (Å²) in [5.41, 5.74) is 1.98. The van der Waals surface area contributed by atoms with Crippen molar-refractivity contribution in [2.24, 2.45) is 5.92 Å². The van der Waals surface area contributed by atoms with Crippen LogP contribution in [0.3, 0.4) is 0 Å². The summed E-state index contributed by atoms with van der Waals surface area (Å²) in [4.78, 5) is 36.5. The summed E-state index contributed by atoms with van der Waals surface area (Å²) in [6.07, 6.45) is 0. The van der Waals surface area contributed by atoms with Gasteiger partial charge >= 0.3 is 12.0 Å². The Kier molecular flexibility index (Phi) is 8.03. The van der Waals surface area contributed by atoms with E-state index < -0.39 is 30.6 Å². The summed E-state index contributed by atoms with van der Waals surface area (Å²) in [5.74, 6) is -1.43. The molecule has 0 saturated carbocycles. The van der Waals surface area contributed by atoms with Gasteiger partial charge in [-0.1, -0.05) is 49.7 Å². The number of hydrogen-bond donors (Lipinski definition) is 3. The van der Waals surface area contributed by atoms with Crippen molar-refractivity contribution in [2.45, 2.75) is 26.8 Å². The zero-order valence-electron chi connectivity index (χ0n) is 16.5. The number of esters is 1. The molecule has 0 aliphatic carbocycles. The van der Waals surface area contributed by atoms with E-state index >= 15 is 0 Å². The van der Waals surface area contributed by atoms with Crippen LogP contribution < -0.4 is 16.0 Å². The summed E-state index contributed by atoms with van der Waals surface area (Å²) >= 11 is 6.02. The SMILES string of the molecule is Cc1ccc(NC(=O)COC(=O)[C@@H](NC(=O)Nc2ccccc2)C(C)C)cc1Cl. The topological polar surface area (TPSA) is 96.5 Å². The molecule has 1 atom stereocenters. The Morgan fingerprint density at radius 3 is 2.31 bits per heavy atom. The number of amides is 3. The molecule has 2 rings (SSSR count). The first-order chi connectivity index (χ1) is 13.8. The molecule has 0 unspecified atom stereocenters. The lowest BCUT2D eigenvalue weighted by Gasteiger charge is -2.21. The minimum absolute atomic E-state index is 0.233. The molecule has 3 N–H and O–H groups in total. The molecular weight excluding hydrogens is 394 g/mol. The van der Waals surface area contributed by atoms with Crippen molar-refractivity contribution in [2.75, 3.05) is 17.2 Å². The van der Waals surface area contributed by atoms with E-state index in [1.807, 2.05) is 13.0 Å². The molecule has 7 nitrogen and oxygen atoms in total. The molecule has 2 aromatic rings. The maximum Gasteiger partial charge on any atom is 0.329 e. The number of hydrogen-bond acceptors (Lipinski definition) is 4. The van der Waals surface area contributed by atoms with Crippen LogP contribution in [-0.4, -0.2) is 30.6 Å². The van der Waals surface area contributed by atoms with Gasteiger partial charge in [0.15, 0.2) is 6.61 Å². The fraction of sp³-hybridized carbons (Fsp3) is 0.286. The second-order valence-corrected chi connectivity index (χ2v) is 7.21. The normalized spacial score (nSPS) is 11.5. The third-order valence-corrected chi connectivity index (χ3v) is 4.45. The van der Waals surface area contributed by atoms with Crippen molar-refractivity contribution in [3.63, 3.8) is 0 Å². The first-order valence-corrected chi connectivity index (χ1v) is 9.49. The van der Waals surface area contributed by atoms with Crippen molar-refractivity contribution in [3.8, 4) is 0 Å². The number of aryl methyl sites for hydroxylation is 1. The molecule has 0 aliphatic heterocycles. The summed E-state index contributed by atoms with van der Waals surface area (Å²) in [6.45, 7) is 4.91. The van der Waals surface area contributed by atoms with Gasteiger partial charge in [0, 0.05) is 16.4 Å². The van der Waals surface area contributed by atoms with Crippen LogP contribution in [-0.2, 0) is 14.3 Å². The van der Waals surface area contributed by atoms with Gasteiger partial charge in [-0.3, -0.25) is 4.79 Å². The molecule has 0 bridgehead atoms. The molecular formula is C21H24ClN3O4. The van der Waals surface area contributed by atoms with E-state index in [0.29, 0.717) is 16.4 Å². The number of carbonyl (C=O) groups is 3.